The maximum absolute atomic E-state index is 5.81. The number of ether oxygens (including phenoxy) is 2. The maximum Gasteiger partial charge on any atom is 0.243 e. The van der Waals surface area contributed by atoms with Crippen LogP contribution in [-0.2, 0) is 0 Å². The van der Waals surface area contributed by atoms with Crippen LogP contribution in [0.25, 0.3) is 0 Å². The minimum absolute atomic E-state index is 0.0121. The Morgan fingerprint density at radius 3 is 2.89 bits per heavy atom. The first-order chi connectivity index (χ1) is 9.28. The zero-order valence-corrected chi connectivity index (χ0v) is 10.8. The molecule has 1 aromatic heterocycles. The Hall–Kier alpha value is -2.08. The summed E-state index contributed by atoms with van der Waals surface area (Å²) in [4.78, 5) is 4.33. The molecule has 0 radical (unpaired) electrons. The predicted molar refractivity (Wildman–Crippen MR) is 67.1 cm³/mol. The molecule has 1 aliphatic rings. The fourth-order valence-corrected chi connectivity index (χ4v) is 1.82. The Morgan fingerprint density at radius 2 is 2.11 bits per heavy atom. The first kappa shape index (κ1) is 12.0. The SMILES string of the molecule is CNC(C)c1nc(C2COc3ccccc3O2)no1. The van der Waals surface area contributed by atoms with Crippen LogP contribution in [0.5, 0.6) is 11.5 Å². The Kier molecular flexibility index (Phi) is 3.08. The van der Waals surface area contributed by atoms with Crippen LogP contribution < -0.4 is 14.8 Å². The van der Waals surface area contributed by atoms with Crippen LogP contribution in [0.15, 0.2) is 28.8 Å². The van der Waals surface area contributed by atoms with Crippen molar-refractivity contribution in [3.63, 3.8) is 0 Å². The third-order valence-electron chi connectivity index (χ3n) is 3.06. The zero-order valence-electron chi connectivity index (χ0n) is 10.8. The third-order valence-corrected chi connectivity index (χ3v) is 3.06. The summed E-state index contributed by atoms with van der Waals surface area (Å²) in [6.07, 6.45) is -0.337. The Labute approximate surface area is 110 Å². The molecule has 1 aliphatic heterocycles. The highest BCUT2D eigenvalue weighted by atomic mass is 16.6. The Bertz CT molecular complexity index is 570. The summed E-state index contributed by atoms with van der Waals surface area (Å²) in [7, 11) is 1.84. The van der Waals surface area contributed by atoms with Gasteiger partial charge in [0, 0.05) is 0 Å². The summed E-state index contributed by atoms with van der Waals surface area (Å²) in [5.41, 5.74) is 0. The number of rotatable bonds is 3. The number of fused-ring (bicyclic) bond motifs is 1. The number of nitrogens with one attached hydrogen (secondary N) is 1. The number of para-hydroxylation sites is 2. The summed E-state index contributed by atoms with van der Waals surface area (Å²) < 4.78 is 16.6. The second kappa shape index (κ2) is 4.89. The van der Waals surface area contributed by atoms with Gasteiger partial charge in [-0.1, -0.05) is 17.3 Å². The highest BCUT2D eigenvalue weighted by molar-refractivity contribution is 5.40. The molecule has 2 atom stereocenters. The molecule has 0 spiro atoms. The van der Waals surface area contributed by atoms with Crippen LogP contribution >= 0.6 is 0 Å². The van der Waals surface area contributed by atoms with Gasteiger partial charge >= 0.3 is 0 Å². The quantitative estimate of drug-likeness (QED) is 0.909. The van der Waals surface area contributed by atoms with Crippen molar-refractivity contribution in [1.82, 2.24) is 15.5 Å². The average molecular weight is 261 g/mol. The first-order valence-electron chi connectivity index (χ1n) is 6.17. The van der Waals surface area contributed by atoms with Gasteiger partial charge in [-0.25, -0.2) is 0 Å². The van der Waals surface area contributed by atoms with E-state index in [1.165, 1.54) is 0 Å². The van der Waals surface area contributed by atoms with Crippen molar-refractivity contribution in [2.24, 2.45) is 0 Å². The largest absolute Gasteiger partial charge is 0.485 e. The van der Waals surface area contributed by atoms with E-state index in [0.717, 1.165) is 5.75 Å². The molecule has 0 saturated heterocycles. The number of hydrogen-bond donors (Lipinski definition) is 1. The van der Waals surface area contributed by atoms with E-state index in [0.29, 0.717) is 24.1 Å². The van der Waals surface area contributed by atoms with Crippen molar-refractivity contribution >= 4 is 0 Å². The van der Waals surface area contributed by atoms with E-state index in [9.17, 15) is 0 Å². The van der Waals surface area contributed by atoms with Crippen molar-refractivity contribution < 1.29 is 14.0 Å². The van der Waals surface area contributed by atoms with E-state index < -0.39 is 0 Å². The summed E-state index contributed by atoms with van der Waals surface area (Å²) in [5.74, 6) is 2.49. The van der Waals surface area contributed by atoms with Gasteiger partial charge in [0.2, 0.25) is 11.7 Å². The van der Waals surface area contributed by atoms with Crippen molar-refractivity contribution in [1.29, 1.82) is 0 Å². The molecule has 3 rings (SSSR count). The molecule has 100 valence electrons. The molecule has 6 nitrogen and oxygen atoms in total. The summed E-state index contributed by atoms with van der Waals surface area (Å²) in [6, 6.07) is 7.55. The minimum atomic E-state index is -0.337. The molecule has 0 fully saturated rings. The molecule has 19 heavy (non-hydrogen) atoms. The fourth-order valence-electron chi connectivity index (χ4n) is 1.82. The monoisotopic (exact) mass is 261 g/mol. The molecule has 2 heterocycles. The highest BCUT2D eigenvalue weighted by Crippen LogP contribution is 2.35. The van der Waals surface area contributed by atoms with E-state index in [1.54, 1.807) is 0 Å². The number of aromatic nitrogens is 2. The fraction of sp³-hybridized carbons (Fsp3) is 0.385. The van der Waals surface area contributed by atoms with Gasteiger partial charge in [-0.15, -0.1) is 0 Å². The lowest BCUT2D eigenvalue weighted by Crippen LogP contribution is -2.22. The van der Waals surface area contributed by atoms with Crippen molar-refractivity contribution in [2.75, 3.05) is 13.7 Å². The standard InChI is InChI=1S/C13H15N3O3/c1-8(14-2)13-15-12(16-19-13)11-7-17-9-5-3-4-6-10(9)18-11/h3-6,8,11,14H,7H2,1-2H3. The van der Waals surface area contributed by atoms with Crippen LogP contribution in [0.1, 0.15) is 30.8 Å². The molecule has 1 N–H and O–H groups in total. The van der Waals surface area contributed by atoms with Crippen LogP contribution in [0.4, 0.5) is 0 Å². The summed E-state index contributed by atoms with van der Waals surface area (Å²) >= 11 is 0. The molecule has 0 saturated carbocycles. The van der Waals surface area contributed by atoms with E-state index in [-0.39, 0.29) is 12.1 Å². The highest BCUT2D eigenvalue weighted by Gasteiger charge is 2.27. The van der Waals surface area contributed by atoms with E-state index >= 15 is 0 Å². The molecule has 6 heteroatoms. The molecule has 1 aromatic carbocycles. The van der Waals surface area contributed by atoms with Crippen LogP contribution in [0, 0.1) is 0 Å². The van der Waals surface area contributed by atoms with E-state index in [2.05, 4.69) is 15.5 Å². The first-order valence-corrected chi connectivity index (χ1v) is 6.17. The van der Waals surface area contributed by atoms with E-state index in [4.69, 9.17) is 14.0 Å². The van der Waals surface area contributed by atoms with Crippen LogP contribution in [0.2, 0.25) is 0 Å². The van der Waals surface area contributed by atoms with Gasteiger partial charge in [-0.05, 0) is 26.1 Å². The number of nitrogens with zero attached hydrogens (tertiary/aromatic N) is 2. The zero-order chi connectivity index (χ0) is 13.2. The van der Waals surface area contributed by atoms with Gasteiger partial charge in [0.05, 0.1) is 6.04 Å². The van der Waals surface area contributed by atoms with Gasteiger partial charge in [-0.3, -0.25) is 0 Å². The lowest BCUT2D eigenvalue weighted by atomic mass is 10.2. The predicted octanol–water partition coefficient (Wildman–Crippen LogP) is 1.86. The van der Waals surface area contributed by atoms with Gasteiger partial charge in [0.25, 0.3) is 0 Å². The molecule has 0 bridgehead atoms. The lowest BCUT2D eigenvalue weighted by molar-refractivity contribution is 0.0832. The second-order valence-electron chi connectivity index (χ2n) is 4.37. The Balaban J connectivity index is 1.79. The molecular weight excluding hydrogens is 246 g/mol. The lowest BCUT2D eigenvalue weighted by Gasteiger charge is -2.24. The third kappa shape index (κ3) is 2.26. The van der Waals surface area contributed by atoms with Gasteiger partial charge in [0.1, 0.15) is 6.61 Å². The molecule has 2 unspecified atom stereocenters. The Morgan fingerprint density at radius 1 is 1.32 bits per heavy atom. The second-order valence-corrected chi connectivity index (χ2v) is 4.37. The molecular formula is C13H15N3O3. The molecule has 0 aliphatic carbocycles. The van der Waals surface area contributed by atoms with Gasteiger partial charge < -0.3 is 19.3 Å². The summed E-state index contributed by atoms with van der Waals surface area (Å²) in [5, 5.41) is 7.00. The van der Waals surface area contributed by atoms with Crippen LogP contribution in [-0.4, -0.2) is 23.8 Å². The van der Waals surface area contributed by atoms with Crippen molar-refractivity contribution in [3.8, 4) is 11.5 Å². The summed E-state index contributed by atoms with van der Waals surface area (Å²) in [6.45, 7) is 2.33. The van der Waals surface area contributed by atoms with Gasteiger partial charge in [0.15, 0.2) is 17.6 Å². The van der Waals surface area contributed by atoms with Crippen molar-refractivity contribution in [3.05, 3.63) is 36.0 Å². The molecule has 0 amide bonds. The van der Waals surface area contributed by atoms with Crippen LogP contribution in [0.3, 0.4) is 0 Å². The van der Waals surface area contributed by atoms with E-state index in [1.807, 2.05) is 38.2 Å². The smallest absolute Gasteiger partial charge is 0.243 e. The van der Waals surface area contributed by atoms with Crippen molar-refractivity contribution in [2.45, 2.75) is 19.1 Å². The number of benzene rings is 1. The molecule has 2 aromatic rings. The average Bonchev–Trinajstić information content (AvgIpc) is 2.95. The van der Waals surface area contributed by atoms with Gasteiger partial charge in [-0.2, -0.15) is 4.98 Å². The number of hydrogen-bond acceptors (Lipinski definition) is 6. The maximum atomic E-state index is 5.81. The topological polar surface area (TPSA) is 69.4 Å². The normalized spacial score (nSPS) is 19.2. The minimum Gasteiger partial charge on any atom is -0.485 e.